The number of ether oxygens (including phenoxy) is 1. The molecule has 1 aromatic rings. The molecule has 5 nitrogen and oxygen atoms in total. The molecule has 0 saturated carbocycles. The topological polar surface area (TPSA) is 72.5 Å². The summed E-state index contributed by atoms with van der Waals surface area (Å²) < 4.78 is 28.4. The number of hydrogen-bond donors (Lipinski definition) is 1. The predicted octanol–water partition coefficient (Wildman–Crippen LogP) is 2.30. The summed E-state index contributed by atoms with van der Waals surface area (Å²) in [6, 6.07) is 1.65. The minimum atomic E-state index is -3.91. The normalized spacial score (nSPS) is 13.0. The van der Waals surface area contributed by atoms with E-state index in [9.17, 15) is 13.2 Å². The fourth-order valence-electron chi connectivity index (χ4n) is 2.30. The molecule has 1 rings (SSSR count). The molecule has 0 aliphatic carbocycles. The lowest BCUT2D eigenvalue weighted by Crippen LogP contribution is -2.32. The second-order valence-corrected chi connectivity index (χ2v) is 7.54. The van der Waals surface area contributed by atoms with Crippen LogP contribution in [0.1, 0.15) is 34.0 Å². The number of amides is 1. The van der Waals surface area contributed by atoms with Crippen LogP contribution in [0, 0.1) is 20.8 Å². The number of carbonyl (C=O) groups excluding carboxylic acids is 1. The Labute approximate surface area is 130 Å². The molecule has 7 heteroatoms. The lowest BCUT2D eigenvalue weighted by atomic mass is 9.99. The Morgan fingerprint density at radius 1 is 1.33 bits per heavy atom. The van der Waals surface area contributed by atoms with Crippen molar-refractivity contribution >= 4 is 25.6 Å². The van der Waals surface area contributed by atoms with Gasteiger partial charge in [0.05, 0.1) is 11.0 Å². The molecule has 0 bridgehead atoms. The Kier molecular flexibility index (Phi) is 5.78. The Bertz CT molecular complexity index is 655. The molecule has 0 heterocycles. The number of benzene rings is 1. The van der Waals surface area contributed by atoms with Crippen molar-refractivity contribution in [1.82, 2.24) is 5.32 Å². The van der Waals surface area contributed by atoms with E-state index in [4.69, 9.17) is 15.4 Å². The van der Waals surface area contributed by atoms with Crippen molar-refractivity contribution in [2.24, 2.45) is 0 Å². The van der Waals surface area contributed by atoms with E-state index in [1.54, 1.807) is 33.9 Å². The molecule has 0 saturated heterocycles. The van der Waals surface area contributed by atoms with Gasteiger partial charge in [0.25, 0.3) is 15.0 Å². The Balaban J connectivity index is 3.28. The Morgan fingerprint density at radius 3 is 2.38 bits per heavy atom. The van der Waals surface area contributed by atoms with Crippen LogP contribution in [0.3, 0.4) is 0 Å². The van der Waals surface area contributed by atoms with Gasteiger partial charge in [-0.25, -0.2) is 8.42 Å². The van der Waals surface area contributed by atoms with Gasteiger partial charge in [0.1, 0.15) is 0 Å². The molecule has 0 aliphatic rings. The first-order valence-corrected chi connectivity index (χ1v) is 8.77. The molecule has 1 unspecified atom stereocenters. The molecule has 0 spiro atoms. The zero-order valence-corrected chi connectivity index (χ0v) is 14.4. The second-order valence-electron chi connectivity index (χ2n) is 5.03. The molecular formula is C14H20ClNO4S. The number of halogens is 1. The molecule has 1 atom stereocenters. The second kappa shape index (κ2) is 6.77. The Hall–Kier alpha value is -1.11. The highest BCUT2D eigenvalue weighted by atomic mass is 35.7. The van der Waals surface area contributed by atoms with Gasteiger partial charge in [0.15, 0.2) is 0 Å². The highest BCUT2D eigenvalue weighted by Gasteiger charge is 2.23. The zero-order valence-electron chi connectivity index (χ0n) is 12.8. The molecule has 118 valence electrons. The first-order valence-electron chi connectivity index (χ1n) is 6.46. The van der Waals surface area contributed by atoms with Crippen LogP contribution in [-0.2, 0) is 13.8 Å². The SMILES string of the molecule is COC(C)CNC(=O)c1c(C)cc(C)c(S(=O)(=O)Cl)c1C. The number of carbonyl (C=O) groups is 1. The molecule has 0 fully saturated rings. The lowest BCUT2D eigenvalue weighted by molar-refractivity contribution is 0.0869. The van der Waals surface area contributed by atoms with E-state index >= 15 is 0 Å². The summed E-state index contributed by atoms with van der Waals surface area (Å²) in [5, 5.41) is 2.73. The number of nitrogens with one attached hydrogen (secondary N) is 1. The van der Waals surface area contributed by atoms with E-state index in [2.05, 4.69) is 5.32 Å². The first-order chi connectivity index (χ1) is 9.59. The molecule has 21 heavy (non-hydrogen) atoms. The maximum absolute atomic E-state index is 12.3. The molecular weight excluding hydrogens is 314 g/mol. The van der Waals surface area contributed by atoms with Crippen LogP contribution in [0.4, 0.5) is 0 Å². The first kappa shape index (κ1) is 17.9. The van der Waals surface area contributed by atoms with Gasteiger partial charge in [0.2, 0.25) is 0 Å². The van der Waals surface area contributed by atoms with Crippen LogP contribution in [0.2, 0.25) is 0 Å². The summed E-state index contributed by atoms with van der Waals surface area (Å²) in [5.74, 6) is -0.338. The van der Waals surface area contributed by atoms with Gasteiger partial charge in [-0.15, -0.1) is 0 Å². The number of rotatable bonds is 5. The van der Waals surface area contributed by atoms with Gasteiger partial charge in [-0.2, -0.15) is 0 Å². The van der Waals surface area contributed by atoms with Gasteiger partial charge in [-0.1, -0.05) is 6.07 Å². The lowest BCUT2D eigenvalue weighted by Gasteiger charge is -2.16. The van der Waals surface area contributed by atoms with Gasteiger partial charge < -0.3 is 10.1 Å². The molecule has 1 amide bonds. The third-order valence-electron chi connectivity index (χ3n) is 3.32. The number of hydrogen-bond acceptors (Lipinski definition) is 4. The summed E-state index contributed by atoms with van der Waals surface area (Å²) in [5.41, 5.74) is 1.94. The highest BCUT2D eigenvalue weighted by Crippen LogP contribution is 2.28. The largest absolute Gasteiger partial charge is 0.380 e. The van der Waals surface area contributed by atoms with E-state index in [-0.39, 0.29) is 16.9 Å². The molecule has 0 aromatic heterocycles. The molecule has 0 aliphatic heterocycles. The van der Waals surface area contributed by atoms with Crippen LogP contribution >= 0.6 is 10.7 Å². The summed E-state index contributed by atoms with van der Waals surface area (Å²) in [6.45, 7) is 7.17. The van der Waals surface area contributed by atoms with Crippen LogP contribution in [0.25, 0.3) is 0 Å². The summed E-state index contributed by atoms with van der Waals surface area (Å²) >= 11 is 0. The average molecular weight is 334 g/mol. The van der Waals surface area contributed by atoms with E-state index in [0.29, 0.717) is 28.8 Å². The smallest absolute Gasteiger partial charge is 0.261 e. The monoisotopic (exact) mass is 333 g/mol. The van der Waals surface area contributed by atoms with Crippen LogP contribution in [-0.4, -0.2) is 34.1 Å². The minimum absolute atomic E-state index is 0.000272. The maximum Gasteiger partial charge on any atom is 0.261 e. The standard InChI is InChI=1S/C14H20ClNO4S/c1-8-6-9(2)13(21(15,18)19)11(4)12(8)14(17)16-7-10(3)20-5/h6,10H,7H2,1-5H3,(H,16,17). The number of aryl methyl sites for hydroxylation is 2. The van der Waals surface area contributed by atoms with Gasteiger partial charge in [-0.3, -0.25) is 4.79 Å². The zero-order chi connectivity index (χ0) is 16.4. The molecule has 0 radical (unpaired) electrons. The molecule has 1 N–H and O–H groups in total. The quantitative estimate of drug-likeness (QED) is 0.839. The van der Waals surface area contributed by atoms with Crippen molar-refractivity contribution < 1.29 is 17.9 Å². The van der Waals surface area contributed by atoms with Gasteiger partial charge in [0, 0.05) is 29.9 Å². The van der Waals surface area contributed by atoms with E-state index < -0.39 is 9.05 Å². The minimum Gasteiger partial charge on any atom is -0.380 e. The van der Waals surface area contributed by atoms with Crippen molar-refractivity contribution in [1.29, 1.82) is 0 Å². The maximum atomic E-state index is 12.3. The highest BCUT2D eigenvalue weighted by molar-refractivity contribution is 8.13. The summed E-state index contributed by atoms with van der Waals surface area (Å²) in [6.07, 6.45) is -0.128. The third-order valence-corrected chi connectivity index (χ3v) is 4.90. The van der Waals surface area contributed by atoms with Crippen LogP contribution < -0.4 is 5.32 Å². The van der Waals surface area contributed by atoms with Gasteiger partial charge in [-0.05, 0) is 44.4 Å². The van der Waals surface area contributed by atoms with Crippen molar-refractivity contribution in [3.63, 3.8) is 0 Å². The fourth-order valence-corrected chi connectivity index (χ4v) is 3.92. The third kappa shape index (κ3) is 4.18. The summed E-state index contributed by atoms with van der Waals surface area (Å²) in [4.78, 5) is 12.3. The van der Waals surface area contributed by atoms with E-state index in [1.807, 2.05) is 6.92 Å². The Morgan fingerprint density at radius 2 is 1.90 bits per heavy atom. The molecule has 1 aromatic carbocycles. The van der Waals surface area contributed by atoms with E-state index in [1.165, 1.54) is 0 Å². The number of methoxy groups -OCH3 is 1. The average Bonchev–Trinajstić information content (AvgIpc) is 2.33. The van der Waals surface area contributed by atoms with Crippen LogP contribution in [0.5, 0.6) is 0 Å². The van der Waals surface area contributed by atoms with Crippen molar-refractivity contribution in [2.45, 2.75) is 38.7 Å². The predicted molar refractivity (Wildman–Crippen MR) is 82.5 cm³/mol. The van der Waals surface area contributed by atoms with E-state index in [0.717, 1.165) is 0 Å². The van der Waals surface area contributed by atoms with Crippen molar-refractivity contribution in [3.05, 3.63) is 28.3 Å². The fraction of sp³-hybridized carbons (Fsp3) is 0.500. The van der Waals surface area contributed by atoms with Crippen molar-refractivity contribution in [3.8, 4) is 0 Å². The van der Waals surface area contributed by atoms with Crippen LogP contribution in [0.15, 0.2) is 11.0 Å². The van der Waals surface area contributed by atoms with Crippen molar-refractivity contribution in [2.75, 3.05) is 13.7 Å². The van der Waals surface area contributed by atoms with Gasteiger partial charge >= 0.3 is 0 Å². The summed E-state index contributed by atoms with van der Waals surface area (Å²) in [7, 11) is 3.12.